The van der Waals surface area contributed by atoms with Gasteiger partial charge in [0.25, 0.3) is 0 Å². The summed E-state index contributed by atoms with van der Waals surface area (Å²) in [6.45, 7) is 2.92. The van der Waals surface area contributed by atoms with Crippen molar-refractivity contribution in [2.24, 2.45) is 0 Å². The average Bonchev–Trinajstić information content (AvgIpc) is 2.55. The summed E-state index contributed by atoms with van der Waals surface area (Å²) in [6, 6.07) is 12.6. The first-order valence-electron chi connectivity index (χ1n) is 7.50. The van der Waals surface area contributed by atoms with E-state index in [1.54, 1.807) is 30.5 Å². The Balaban J connectivity index is 1.88. The largest absolute Gasteiger partial charge is 0.494 e. The van der Waals surface area contributed by atoms with Crippen molar-refractivity contribution in [1.82, 2.24) is 4.98 Å². The Morgan fingerprint density at radius 3 is 2.52 bits per heavy atom. The highest BCUT2D eigenvalue weighted by atomic mass is 16.5. The lowest BCUT2D eigenvalue weighted by atomic mass is 10.1. The smallest absolute Gasteiger partial charge is 0.211 e. The van der Waals surface area contributed by atoms with Gasteiger partial charge in [-0.25, -0.2) is 0 Å². The molecule has 2 rings (SSSR count). The number of ketones is 1. The summed E-state index contributed by atoms with van der Waals surface area (Å²) in [4.78, 5) is 16.3. The molecular weight excluding hydrogens is 262 g/mol. The molecule has 3 nitrogen and oxygen atoms in total. The fraction of sp³-hybridized carbons (Fsp3) is 0.333. The number of aromatic nitrogens is 1. The third kappa shape index (κ3) is 4.71. The number of hydrogen-bond donors (Lipinski definition) is 0. The van der Waals surface area contributed by atoms with Gasteiger partial charge < -0.3 is 4.74 Å². The van der Waals surface area contributed by atoms with Crippen LogP contribution in [0.5, 0.6) is 5.75 Å². The molecule has 0 aliphatic carbocycles. The van der Waals surface area contributed by atoms with Gasteiger partial charge in [-0.1, -0.05) is 32.3 Å². The number of hydrogen-bond acceptors (Lipinski definition) is 3. The predicted molar refractivity (Wildman–Crippen MR) is 83.7 cm³/mol. The van der Waals surface area contributed by atoms with Crippen LogP contribution in [0, 0.1) is 0 Å². The second-order valence-electron chi connectivity index (χ2n) is 4.98. The Kier molecular flexibility index (Phi) is 5.95. The van der Waals surface area contributed by atoms with Crippen molar-refractivity contribution < 1.29 is 9.53 Å². The van der Waals surface area contributed by atoms with E-state index in [1.165, 1.54) is 19.3 Å². The van der Waals surface area contributed by atoms with Gasteiger partial charge in [0, 0.05) is 11.8 Å². The minimum Gasteiger partial charge on any atom is -0.494 e. The molecule has 0 radical (unpaired) electrons. The van der Waals surface area contributed by atoms with E-state index in [9.17, 15) is 4.79 Å². The standard InChI is InChI=1S/C18H21NO2/c1-2-3-4-7-14-21-16-11-9-15(10-12-16)18(20)17-8-5-6-13-19-17/h5-6,8-13H,2-4,7,14H2,1H3. The SMILES string of the molecule is CCCCCCOc1ccc(C(=O)c2ccccn2)cc1. The molecule has 0 amide bonds. The molecule has 0 spiro atoms. The molecule has 2 aromatic rings. The normalized spacial score (nSPS) is 10.3. The van der Waals surface area contributed by atoms with Gasteiger partial charge in [0.15, 0.2) is 0 Å². The van der Waals surface area contributed by atoms with Crippen LogP contribution in [0.2, 0.25) is 0 Å². The van der Waals surface area contributed by atoms with E-state index < -0.39 is 0 Å². The second-order valence-corrected chi connectivity index (χ2v) is 4.98. The maximum Gasteiger partial charge on any atom is 0.211 e. The lowest BCUT2D eigenvalue weighted by Crippen LogP contribution is -2.03. The Labute approximate surface area is 126 Å². The van der Waals surface area contributed by atoms with Crippen LogP contribution in [0.3, 0.4) is 0 Å². The number of pyridine rings is 1. The molecule has 0 fully saturated rings. The van der Waals surface area contributed by atoms with E-state index in [0.717, 1.165) is 18.8 Å². The summed E-state index contributed by atoms with van der Waals surface area (Å²) < 4.78 is 5.67. The lowest BCUT2D eigenvalue weighted by Gasteiger charge is -2.06. The molecule has 0 aliphatic rings. The molecule has 0 N–H and O–H groups in total. The first-order chi connectivity index (χ1) is 10.3. The minimum absolute atomic E-state index is 0.0647. The molecule has 1 aromatic heterocycles. The van der Waals surface area contributed by atoms with E-state index in [0.29, 0.717) is 11.3 Å². The molecule has 0 unspecified atom stereocenters. The van der Waals surface area contributed by atoms with Crippen LogP contribution >= 0.6 is 0 Å². The van der Waals surface area contributed by atoms with Crippen molar-refractivity contribution in [2.45, 2.75) is 32.6 Å². The molecule has 0 bridgehead atoms. The van der Waals surface area contributed by atoms with Gasteiger partial charge in [-0.05, 0) is 42.8 Å². The van der Waals surface area contributed by atoms with E-state index in [4.69, 9.17) is 4.74 Å². The van der Waals surface area contributed by atoms with Crippen molar-refractivity contribution in [1.29, 1.82) is 0 Å². The molecule has 21 heavy (non-hydrogen) atoms. The Bertz CT molecular complexity index is 549. The Morgan fingerprint density at radius 2 is 1.86 bits per heavy atom. The Morgan fingerprint density at radius 1 is 1.05 bits per heavy atom. The van der Waals surface area contributed by atoms with Gasteiger partial charge >= 0.3 is 0 Å². The summed E-state index contributed by atoms with van der Waals surface area (Å²) >= 11 is 0. The first kappa shape index (κ1) is 15.2. The quantitative estimate of drug-likeness (QED) is 0.536. The zero-order valence-electron chi connectivity index (χ0n) is 12.4. The maximum atomic E-state index is 12.2. The van der Waals surface area contributed by atoms with E-state index >= 15 is 0 Å². The fourth-order valence-corrected chi connectivity index (χ4v) is 2.07. The highest BCUT2D eigenvalue weighted by molar-refractivity contribution is 6.07. The van der Waals surface area contributed by atoms with Gasteiger partial charge in [-0.15, -0.1) is 0 Å². The zero-order chi connectivity index (χ0) is 14.9. The predicted octanol–water partition coefficient (Wildman–Crippen LogP) is 4.27. The fourth-order valence-electron chi connectivity index (χ4n) is 2.07. The van der Waals surface area contributed by atoms with Crippen molar-refractivity contribution in [3.05, 3.63) is 59.9 Å². The number of nitrogens with zero attached hydrogens (tertiary/aromatic N) is 1. The molecule has 110 valence electrons. The summed E-state index contributed by atoms with van der Waals surface area (Å²) in [5.41, 5.74) is 1.10. The number of ether oxygens (including phenoxy) is 1. The monoisotopic (exact) mass is 283 g/mol. The molecule has 0 saturated heterocycles. The van der Waals surface area contributed by atoms with Crippen molar-refractivity contribution in [2.75, 3.05) is 6.61 Å². The number of carbonyl (C=O) groups excluding carboxylic acids is 1. The molecule has 0 atom stereocenters. The van der Waals surface area contributed by atoms with E-state index in [1.807, 2.05) is 18.2 Å². The van der Waals surface area contributed by atoms with Crippen molar-refractivity contribution in [3.8, 4) is 5.75 Å². The third-order valence-electron chi connectivity index (χ3n) is 3.28. The van der Waals surface area contributed by atoms with Crippen LogP contribution in [0.25, 0.3) is 0 Å². The average molecular weight is 283 g/mol. The van der Waals surface area contributed by atoms with Crippen LogP contribution < -0.4 is 4.74 Å². The van der Waals surface area contributed by atoms with Gasteiger partial charge in [-0.2, -0.15) is 0 Å². The number of carbonyl (C=O) groups is 1. The first-order valence-corrected chi connectivity index (χ1v) is 7.50. The number of unbranched alkanes of at least 4 members (excludes halogenated alkanes) is 3. The molecule has 1 heterocycles. The zero-order valence-corrected chi connectivity index (χ0v) is 12.4. The van der Waals surface area contributed by atoms with E-state index in [2.05, 4.69) is 11.9 Å². The summed E-state index contributed by atoms with van der Waals surface area (Å²) in [6.07, 6.45) is 6.38. The van der Waals surface area contributed by atoms with E-state index in [-0.39, 0.29) is 5.78 Å². The summed E-state index contributed by atoms with van der Waals surface area (Å²) in [5, 5.41) is 0. The summed E-state index contributed by atoms with van der Waals surface area (Å²) in [5.74, 6) is 0.745. The molecule has 0 saturated carbocycles. The topological polar surface area (TPSA) is 39.2 Å². The number of rotatable bonds is 8. The minimum atomic E-state index is -0.0647. The summed E-state index contributed by atoms with van der Waals surface area (Å²) in [7, 11) is 0. The van der Waals surface area contributed by atoms with Crippen LogP contribution in [-0.4, -0.2) is 17.4 Å². The van der Waals surface area contributed by atoms with Crippen LogP contribution in [-0.2, 0) is 0 Å². The highest BCUT2D eigenvalue weighted by Gasteiger charge is 2.09. The van der Waals surface area contributed by atoms with Crippen molar-refractivity contribution in [3.63, 3.8) is 0 Å². The van der Waals surface area contributed by atoms with Crippen LogP contribution in [0.1, 0.15) is 48.7 Å². The Hall–Kier alpha value is -2.16. The van der Waals surface area contributed by atoms with Gasteiger partial charge in [0.05, 0.1) is 6.61 Å². The van der Waals surface area contributed by atoms with Gasteiger partial charge in [0.2, 0.25) is 5.78 Å². The van der Waals surface area contributed by atoms with Crippen LogP contribution in [0.4, 0.5) is 0 Å². The van der Waals surface area contributed by atoms with Crippen molar-refractivity contribution >= 4 is 5.78 Å². The highest BCUT2D eigenvalue weighted by Crippen LogP contribution is 2.15. The van der Waals surface area contributed by atoms with Crippen LogP contribution in [0.15, 0.2) is 48.7 Å². The maximum absolute atomic E-state index is 12.2. The molecular formula is C18H21NO2. The lowest BCUT2D eigenvalue weighted by molar-refractivity contribution is 0.103. The molecule has 1 aromatic carbocycles. The number of benzene rings is 1. The van der Waals surface area contributed by atoms with Gasteiger partial charge in [0.1, 0.15) is 11.4 Å². The third-order valence-corrected chi connectivity index (χ3v) is 3.28. The van der Waals surface area contributed by atoms with Gasteiger partial charge in [-0.3, -0.25) is 9.78 Å². The molecule has 0 aliphatic heterocycles. The molecule has 3 heteroatoms. The second kappa shape index (κ2) is 8.20.